The number of benzene rings is 2. The van der Waals surface area contributed by atoms with Gasteiger partial charge < -0.3 is 5.11 Å². The SMILES string of the molecule is O=C(O)c1ccc(S(=O)(=O)Nc2ccc(I)cc2)c(Br)c1. The third-order valence-corrected chi connectivity index (χ3v) is 5.64. The molecule has 0 aromatic heterocycles. The second-order valence-corrected chi connectivity index (χ2v) is 7.81. The summed E-state index contributed by atoms with van der Waals surface area (Å²) < 4.78 is 28.2. The molecule has 0 radical (unpaired) electrons. The van der Waals surface area contributed by atoms with Gasteiger partial charge in [0.2, 0.25) is 0 Å². The minimum absolute atomic E-state index is 0.00934. The number of carbonyl (C=O) groups is 1. The summed E-state index contributed by atoms with van der Waals surface area (Å²) in [6.07, 6.45) is 0. The summed E-state index contributed by atoms with van der Waals surface area (Å²) in [7, 11) is -3.79. The normalized spacial score (nSPS) is 11.1. The highest BCUT2D eigenvalue weighted by atomic mass is 127. The number of carboxylic acid groups (broad SMARTS) is 1. The zero-order valence-corrected chi connectivity index (χ0v) is 14.9. The lowest BCUT2D eigenvalue weighted by Crippen LogP contribution is -2.14. The average Bonchev–Trinajstić information content (AvgIpc) is 2.40. The fourth-order valence-electron chi connectivity index (χ4n) is 1.58. The summed E-state index contributed by atoms with van der Waals surface area (Å²) in [5, 5.41) is 8.88. The van der Waals surface area contributed by atoms with Gasteiger partial charge in [-0.05, 0) is 81.0 Å². The van der Waals surface area contributed by atoms with Crippen molar-refractivity contribution in [1.29, 1.82) is 0 Å². The Kier molecular flexibility index (Phi) is 4.89. The van der Waals surface area contributed by atoms with Crippen LogP contribution in [0.1, 0.15) is 10.4 Å². The summed E-state index contributed by atoms with van der Waals surface area (Å²) in [6.45, 7) is 0. The Morgan fingerprint density at radius 2 is 1.76 bits per heavy atom. The zero-order valence-electron chi connectivity index (χ0n) is 10.4. The highest BCUT2D eigenvalue weighted by Crippen LogP contribution is 2.25. The maximum atomic E-state index is 12.3. The monoisotopic (exact) mass is 481 g/mol. The number of nitrogens with one attached hydrogen (secondary N) is 1. The number of halogens is 2. The predicted molar refractivity (Wildman–Crippen MR) is 91.1 cm³/mol. The van der Waals surface area contributed by atoms with Crippen LogP contribution in [0.3, 0.4) is 0 Å². The lowest BCUT2D eigenvalue weighted by Gasteiger charge is -2.10. The molecule has 0 saturated carbocycles. The summed E-state index contributed by atoms with van der Waals surface area (Å²) in [4.78, 5) is 10.8. The first-order chi connectivity index (χ1) is 9.79. The summed E-state index contributed by atoms with van der Waals surface area (Å²) in [5.74, 6) is -1.12. The zero-order chi connectivity index (χ0) is 15.6. The molecule has 0 saturated heterocycles. The first kappa shape index (κ1) is 16.2. The van der Waals surface area contributed by atoms with Crippen molar-refractivity contribution < 1.29 is 18.3 Å². The molecule has 2 N–H and O–H groups in total. The van der Waals surface area contributed by atoms with Gasteiger partial charge in [-0.1, -0.05) is 0 Å². The van der Waals surface area contributed by atoms with Crippen LogP contribution in [0.15, 0.2) is 51.8 Å². The van der Waals surface area contributed by atoms with Gasteiger partial charge in [-0.3, -0.25) is 4.72 Å². The molecule has 0 heterocycles. The summed E-state index contributed by atoms with van der Waals surface area (Å²) >= 11 is 5.21. The van der Waals surface area contributed by atoms with Gasteiger partial charge in [0.05, 0.1) is 5.56 Å². The summed E-state index contributed by atoms with van der Waals surface area (Å²) in [6, 6.07) is 10.6. The highest BCUT2D eigenvalue weighted by molar-refractivity contribution is 14.1. The van der Waals surface area contributed by atoms with E-state index in [1.807, 2.05) is 0 Å². The molecule has 0 aliphatic heterocycles. The number of rotatable bonds is 4. The van der Waals surface area contributed by atoms with Crippen LogP contribution >= 0.6 is 38.5 Å². The first-order valence-corrected chi connectivity index (χ1v) is 8.96. The molecular formula is C13H9BrINO4S. The van der Waals surface area contributed by atoms with Gasteiger partial charge in [0, 0.05) is 13.7 Å². The summed E-state index contributed by atoms with van der Waals surface area (Å²) in [5.41, 5.74) is 0.444. The fourth-order valence-corrected chi connectivity index (χ4v) is 4.08. The van der Waals surface area contributed by atoms with E-state index in [2.05, 4.69) is 43.2 Å². The molecule has 8 heteroatoms. The molecule has 0 aliphatic carbocycles. The van der Waals surface area contributed by atoms with Crippen molar-refractivity contribution in [2.24, 2.45) is 0 Å². The van der Waals surface area contributed by atoms with Gasteiger partial charge in [-0.25, -0.2) is 13.2 Å². The van der Waals surface area contributed by atoms with E-state index in [0.29, 0.717) is 5.69 Å². The topological polar surface area (TPSA) is 83.5 Å². The van der Waals surface area contributed by atoms with E-state index in [1.54, 1.807) is 24.3 Å². The molecule has 0 fully saturated rings. The van der Waals surface area contributed by atoms with Crippen molar-refractivity contribution in [3.05, 3.63) is 56.1 Å². The Morgan fingerprint density at radius 3 is 2.29 bits per heavy atom. The van der Waals surface area contributed by atoms with Crippen LogP contribution in [0, 0.1) is 3.57 Å². The van der Waals surface area contributed by atoms with Gasteiger partial charge in [0.15, 0.2) is 0 Å². The van der Waals surface area contributed by atoms with Gasteiger partial charge in [-0.15, -0.1) is 0 Å². The molecule has 0 unspecified atom stereocenters. The van der Waals surface area contributed by atoms with Crippen LogP contribution in [-0.4, -0.2) is 19.5 Å². The molecule has 5 nitrogen and oxygen atoms in total. The van der Waals surface area contributed by atoms with Crippen molar-refractivity contribution in [3.63, 3.8) is 0 Å². The number of carboxylic acids is 1. The molecule has 21 heavy (non-hydrogen) atoms. The van der Waals surface area contributed by atoms with Crippen LogP contribution < -0.4 is 4.72 Å². The van der Waals surface area contributed by atoms with E-state index >= 15 is 0 Å². The molecule has 0 bridgehead atoms. The number of hydrogen-bond donors (Lipinski definition) is 2. The third kappa shape index (κ3) is 3.95. The number of anilines is 1. The standard InChI is InChI=1S/C13H9BrINO4S/c14-11-7-8(13(17)18)1-6-12(11)21(19,20)16-10-4-2-9(15)3-5-10/h1-7,16H,(H,17,18). The Bertz CT molecular complexity index is 790. The first-order valence-electron chi connectivity index (χ1n) is 5.61. The van der Waals surface area contributed by atoms with Gasteiger partial charge in [-0.2, -0.15) is 0 Å². The molecule has 2 aromatic carbocycles. The van der Waals surface area contributed by atoms with Gasteiger partial charge in [0.25, 0.3) is 10.0 Å². The molecule has 2 rings (SSSR count). The van der Waals surface area contributed by atoms with Crippen LogP contribution in [0.4, 0.5) is 5.69 Å². The smallest absolute Gasteiger partial charge is 0.335 e. The van der Waals surface area contributed by atoms with E-state index in [-0.39, 0.29) is 14.9 Å². The fraction of sp³-hybridized carbons (Fsp3) is 0. The molecule has 0 aliphatic rings. The van der Waals surface area contributed by atoms with E-state index in [0.717, 1.165) is 3.57 Å². The Hall–Kier alpha value is -1.13. The Balaban J connectivity index is 2.35. The number of aromatic carboxylic acids is 1. The lowest BCUT2D eigenvalue weighted by molar-refractivity contribution is 0.0696. The van der Waals surface area contributed by atoms with E-state index in [4.69, 9.17) is 5.11 Å². The Labute approximate surface area is 143 Å². The second-order valence-electron chi connectivity index (χ2n) is 4.06. The van der Waals surface area contributed by atoms with E-state index < -0.39 is 16.0 Å². The van der Waals surface area contributed by atoms with Crippen LogP contribution in [-0.2, 0) is 10.0 Å². The number of hydrogen-bond acceptors (Lipinski definition) is 3. The molecular weight excluding hydrogens is 473 g/mol. The van der Waals surface area contributed by atoms with Crippen molar-refractivity contribution in [3.8, 4) is 0 Å². The minimum Gasteiger partial charge on any atom is -0.478 e. The lowest BCUT2D eigenvalue weighted by atomic mass is 10.2. The number of sulfonamides is 1. The quantitative estimate of drug-likeness (QED) is 0.654. The molecule has 0 amide bonds. The van der Waals surface area contributed by atoms with Crippen molar-refractivity contribution in [2.45, 2.75) is 4.90 Å². The highest BCUT2D eigenvalue weighted by Gasteiger charge is 2.19. The van der Waals surface area contributed by atoms with E-state index in [9.17, 15) is 13.2 Å². The average molecular weight is 482 g/mol. The molecule has 2 aromatic rings. The Morgan fingerprint density at radius 1 is 1.14 bits per heavy atom. The van der Waals surface area contributed by atoms with Gasteiger partial charge in [0.1, 0.15) is 4.90 Å². The van der Waals surface area contributed by atoms with Gasteiger partial charge >= 0.3 is 5.97 Å². The van der Waals surface area contributed by atoms with E-state index in [1.165, 1.54) is 18.2 Å². The third-order valence-electron chi connectivity index (χ3n) is 2.56. The molecule has 0 atom stereocenters. The maximum Gasteiger partial charge on any atom is 0.335 e. The molecule has 110 valence electrons. The predicted octanol–water partition coefficient (Wildman–Crippen LogP) is 3.55. The second kappa shape index (κ2) is 6.32. The van der Waals surface area contributed by atoms with Crippen LogP contribution in [0.5, 0.6) is 0 Å². The maximum absolute atomic E-state index is 12.3. The molecule has 0 spiro atoms. The van der Waals surface area contributed by atoms with Crippen molar-refractivity contribution in [1.82, 2.24) is 0 Å². The van der Waals surface area contributed by atoms with Crippen molar-refractivity contribution >= 4 is 60.2 Å². The largest absolute Gasteiger partial charge is 0.478 e. The van der Waals surface area contributed by atoms with Crippen molar-refractivity contribution in [2.75, 3.05) is 4.72 Å². The van der Waals surface area contributed by atoms with Crippen LogP contribution in [0.25, 0.3) is 0 Å². The minimum atomic E-state index is -3.79. The van der Waals surface area contributed by atoms with Crippen LogP contribution in [0.2, 0.25) is 0 Å².